The number of pyridine rings is 1. The Morgan fingerprint density at radius 2 is 2.12 bits per heavy atom. The van der Waals surface area contributed by atoms with E-state index in [9.17, 15) is 9.18 Å². The normalized spacial score (nSPS) is 17.0. The molecule has 0 N–H and O–H groups in total. The summed E-state index contributed by atoms with van der Waals surface area (Å²) in [6, 6.07) is 8.39. The van der Waals surface area contributed by atoms with Crippen LogP contribution in [0.2, 0.25) is 0 Å². The van der Waals surface area contributed by atoms with Gasteiger partial charge in [-0.1, -0.05) is 6.07 Å². The highest BCUT2D eigenvalue weighted by Crippen LogP contribution is 2.18. The summed E-state index contributed by atoms with van der Waals surface area (Å²) >= 11 is 0. The van der Waals surface area contributed by atoms with Gasteiger partial charge < -0.3 is 9.64 Å². The van der Waals surface area contributed by atoms with Crippen molar-refractivity contribution in [1.82, 2.24) is 9.88 Å². The number of halogens is 1. The maximum Gasteiger partial charge on any atom is 0.254 e. The minimum absolute atomic E-state index is 0.0473. The standard InChI is InChI=1S/C19H21FN2O2/c1-14-4-5-16(11-18(14)20)19(23)22(13-17-3-2-10-24-17)12-15-6-8-21-9-7-15/h4-9,11,17H,2-3,10,12-13H2,1H3. The van der Waals surface area contributed by atoms with Gasteiger partial charge in [-0.25, -0.2) is 4.39 Å². The zero-order chi connectivity index (χ0) is 16.9. The van der Waals surface area contributed by atoms with Gasteiger partial charge in [-0.2, -0.15) is 0 Å². The van der Waals surface area contributed by atoms with Crippen molar-refractivity contribution in [3.63, 3.8) is 0 Å². The van der Waals surface area contributed by atoms with E-state index in [1.54, 1.807) is 36.4 Å². The Kier molecular flexibility index (Phi) is 5.20. The molecular weight excluding hydrogens is 307 g/mol. The highest BCUT2D eigenvalue weighted by atomic mass is 19.1. The number of carbonyl (C=O) groups is 1. The highest BCUT2D eigenvalue weighted by molar-refractivity contribution is 5.94. The fourth-order valence-corrected chi connectivity index (χ4v) is 2.87. The van der Waals surface area contributed by atoms with E-state index in [1.807, 2.05) is 12.1 Å². The van der Waals surface area contributed by atoms with Crippen molar-refractivity contribution in [1.29, 1.82) is 0 Å². The molecule has 1 aliphatic rings. The number of rotatable bonds is 5. The molecular formula is C19H21FN2O2. The maximum atomic E-state index is 13.8. The molecule has 5 heteroatoms. The summed E-state index contributed by atoms with van der Waals surface area (Å²) in [5.74, 6) is -0.539. The van der Waals surface area contributed by atoms with E-state index in [0.717, 1.165) is 25.0 Å². The minimum Gasteiger partial charge on any atom is -0.376 e. The van der Waals surface area contributed by atoms with Crippen LogP contribution in [-0.2, 0) is 11.3 Å². The SMILES string of the molecule is Cc1ccc(C(=O)N(Cc2ccncc2)CC2CCCO2)cc1F. The van der Waals surface area contributed by atoms with Gasteiger partial charge in [0.2, 0.25) is 0 Å². The Morgan fingerprint density at radius 3 is 2.79 bits per heavy atom. The average molecular weight is 328 g/mol. The number of amides is 1. The number of ether oxygens (including phenoxy) is 1. The third kappa shape index (κ3) is 3.97. The van der Waals surface area contributed by atoms with Crippen LogP contribution in [0.3, 0.4) is 0 Å². The van der Waals surface area contributed by atoms with Gasteiger partial charge in [0.05, 0.1) is 6.10 Å². The summed E-state index contributed by atoms with van der Waals surface area (Å²) in [5.41, 5.74) is 1.89. The Labute approximate surface area is 141 Å². The fraction of sp³-hybridized carbons (Fsp3) is 0.368. The van der Waals surface area contributed by atoms with Crippen molar-refractivity contribution in [3.05, 3.63) is 65.2 Å². The van der Waals surface area contributed by atoms with Crippen LogP contribution in [0.25, 0.3) is 0 Å². The first-order chi connectivity index (χ1) is 11.6. The molecule has 1 unspecified atom stereocenters. The molecule has 1 aromatic heterocycles. The van der Waals surface area contributed by atoms with Crippen molar-refractivity contribution in [2.75, 3.05) is 13.2 Å². The number of hydrogen-bond donors (Lipinski definition) is 0. The van der Waals surface area contributed by atoms with Crippen LogP contribution < -0.4 is 0 Å². The molecule has 1 atom stereocenters. The molecule has 0 spiro atoms. The monoisotopic (exact) mass is 328 g/mol. The van der Waals surface area contributed by atoms with Crippen LogP contribution in [-0.4, -0.2) is 35.0 Å². The third-order valence-corrected chi connectivity index (χ3v) is 4.28. The van der Waals surface area contributed by atoms with Gasteiger partial charge in [-0.3, -0.25) is 9.78 Å². The van der Waals surface area contributed by atoms with Gasteiger partial charge in [0.1, 0.15) is 5.82 Å². The van der Waals surface area contributed by atoms with Crippen LogP contribution in [0.4, 0.5) is 4.39 Å². The molecule has 2 heterocycles. The second-order valence-electron chi connectivity index (χ2n) is 6.14. The predicted molar refractivity (Wildman–Crippen MR) is 89.1 cm³/mol. The first kappa shape index (κ1) is 16.6. The number of benzene rings is 1. The Hall–Kier alpha value is -2.27. The van der Waals surface area contributed by atoms with Crippen LogP contribution in [0.1, 0.15) is 34.3 Å². The van der Waals surface area contributed by atoms with Crippen molar-refractivity contribution in [3.8, 4) is 0 Å². The third-order valence-electron chi connectivity index (χ3n) is 4.28. The summed E-state index contributed by atoms with van der Waals surface area (Å²) in [7, 11) is 0. The second-order valence-corrected chi connectivity index (χ2v) is 6.14. The summed E-state index contributed by atoms with van der Waals surface area (Å²) in [6.45, 7) is 3.39. The lowest BCUT2D eigenvalue weighted by molar-refractivity contribution is 0.0507. The molecule has 0 aliphatic carbocycles. The molecule has 2 aromatic rings. The van der Waals surface area contributed by atoms with Crippen LogP contribution >= 0.6 is 0 Å². The molecule has 0 radical (unpaired) electrons. The lowest BCUT2D eigenvalue weighted by atomic mass is 10.1. The summed E-state index contributed by atoms with van der Waals surface area (Å²) in [4.78, 5) is 18.6. The molecule has 24 heavy (non-hydrogen) atoms. The van der Waals surface area contributed by atoms with Gasteiger partial charge in [0.25, 0.3) is 5.91 Å². The molecule has 3 rings (SSSR count). The number of hydrogen-bond acceptors (Lipinski definition) is 3. The molecule has 1 saturated heterocycles. The minimum atomic E-state index is -0.359. The summed E-state index contributed by atoms with van der Waals surface area (Å²) < 4.78 is 19.5. The quantitative estimate of drug-likeness (QED) is 0.845. The van der Waals surface area contributed by atoms with Crippen molar-refractivity contribution >= 4 is 5.91 Å². The Bertz CT molecular complexity index is 700. The smallest absolute Gasteiger partial charge is 0.254 e. The number of nitrogens with zero attached hydrogens (tertiary/aromatic N) is 2. The second kappa shape index (κ2) is 7.53. The molecule has 126 valence electrons. The molecule has 1 aliphatic heterocycles. The Balaban J connectivity index is 1.81. The molecule has 1 amide bonds. The molecule has 4 nitrogen and oxygen atoms in total. The topological polar surface area (TPSA) is 42.4 Å². The average Bonchev–Trinajstić information content (AvgIpc) is 3.10. The first-order valence-electron chi connectivity index (χ1n) is 8.19. The Morgan fingerprint density at radius 1 is 1.33 bits per heavy atom. The van der Waals surface area contributed by atoms with E-state index in [-0.39, 0.29) is 17.8 Å². The predicted octanol–water partition coefficient (Wildman–Crippen LogP) is 3.35. The van der Waals surface area contributed by atoms with Gasteiger partial charge in [0, 0.05) is 37.7 Å². The summed E-state index contributed by atoms with van der Waals surface area (Å²) in [5, 5.41) is 0. The number of carbonyl (C=O) groups excluding carboxylic acids is 1. The van der Waals surface area contributed by atoms with E-state index in [4.69, 9.17) is 4.74 Å². The highest BCUT2D eigenvalue weighted by Gasteiger charge is 2.24. The molecule has 1 fully saturated rings. The van der Waals surface area contributed by atoms with Crippen molar-refractivity contribution < 1.29 is 13.9 Å². The van der Waals surface area contributed by atoms with E-state index in [0.29, 0.717) is 24.2 Å². The lowest BCUT2D eigenvalue weighted by Gasteiger charge is -2.26. The lowest BCUT2D eigenvalue weighted by Crippen LogP contribution is -2.37. The van der Waals surface area contributed by atoms with Gasteiger partial charge in [0.15, 0.2) is 0 Å². The number of aromatic nitrogens is 1. The molecule has 0 saturated carbocycles. The van der Waals surface area contributed by atoms with Crippen molar-refractivity contribution in [2.45, 2.75) is 32.4 Å². The van der Waals surface area contributed by atoms with Crippen LogP contribution in [0.15, 0.2) is 42.7 Å². The fourth-order valence-electron chi connectivity index (χ4n) is 2.87. The van der Waals surface area contributed by atoms with E-state index in [2.05, 4.69) is 4.98 Å². The number of aryl methyl sites for hydroxylation is 1. The van der Waals surface area contributed by atoms with E-state index in [1.165, 1.54) is 6.07 Å². The van der Waals surface area contributed by atoms with Gasteiger partial charge in [-0.05, 0) is 55.2 Å². The molecule has 1 aromatic carbocycles. The zero-order valence-electron chi connectivity index (χ0n) is 13.7. The van der Waals surface area contributed by atoms with E-state index < -0.39 is 0 Å². The van der Waals surface area contributed by atoms with Gasteiger partial charge >= 0.3 is 0 Å². The van der Waals surface area contributed by atoms with Crippen LogP contribution in [0, 0.1) is 12.7 Å². The summed E-state index contributed by atoms with van der Waals surface area (Å²) in [6.07, 6.45) is 5.42. The van der Waals surface area contributed by atoms with Gasteiger partial charge in [-0.15, -0.1) is 0 Å². The van der Waals surface area contributed by atoms with E-state index >= 15 is 0 Å². The molecule has 0 bridgehead atoms. The first-order valence-corrected chi connectivity index (χ1v) is 8.19. The largest absolute Gasteiger partial charge is 0.376 e. The van der Waals surface area contributed by atoms with Crippen LogP contribution in [0.5, 0.6) is 0 Å². The maximum absolute atomic E-state index is 13.8. The van der Waals surface area contributed by atoms with Crippen molar-refractivity contribution in [2.24, 2.45) is 0 Å². The zero-order valence-corrected chi connectivity index (χ0v) is 13.7.